The quantitative estimate of drug-likeness (QED) is 0.227. The molecule has 0 saturated heterocycles. The molecule has 0 aliphatic heterocycles. The average molecular weight is 529 g/mol. The van der Waals surface area contributed by atoms with Crippen LogP contribution in [0.1, 0.15) is 5.56 Å². The lowest BCUT2D eigenvalue weighted by atomic mass is 10.2. The Hall–Kier alpha value is -4.65. The maximum Gasteiger partial charge on any atom is 0.269 e. The topological polar surface area (TPSA) is 150 Å². The number of hydrogen-bond acceptors (Lipinski definition) is 9. The van der Waals surface area contributed by atoms with Crippen LogP contribution in [0.4, 0.5) is 11.4 Å². The van der Waals surface area contributed by atoms with E-state index in [1.165, 1.54) is 82.1 Å². The van der Waals surface area contributed by atoms with Gasteiger partial charge in [-0.15, -0.1) is 0 Å². The van der Waals surface area contributed by atoms with Gasteiger partial charge in [0.25, 0.3) is 21.6 Å². The van der Waals surface area contributed by atoms with Gasteiger partial charge in [0.2, 0.25) is 0 Å². The van der Waals surface area contributed by atoms with Crippen LogP contribution in [-0.2, 0) is 14.8 Å². The summed E-state index contributed by atoms with van der Waals surface area (Å²) in [5.41, 5.74) is 2.90. The molecule has 0 unspecified atom stereocenters. The van der Waals surface area contributed by atoms with Gasteiger partial charge in [-0.2, -0.15) is 5.10 Å². The van der Waals surface area contributed by atoms with Gasteiger partial charge in [0, 0.05) is 18.2 Å². The van der Waals surface area contributed by atoms with Gasteiger partial charge >= 0.3 is 0 Å². The van der Waals surface area contributed by atoms with Crippen molar-refractivity contribution >= 4 is 33.5 Å². The molecule has 12 nitrogen and oxygen atoms in total. The van der Waals surface area contributed by atoms with Crippen LogP contribution in [0.25, 0.3) is 0 Å². The van der Waals surface area contributed by atoms with Crippen LogP contribution in [0.5, 0.6) is 17.2 Å². The number of benzene rings is 3. The lowest BCUT2D eigenvalue weighted by Crippen LogP contribution is -2.39. The number of carbonyl (C=O) groups is 1. The fourth-order valence-corrected chi connectivity index (χ4v) is 4.63. The summed E-state index contributed by atoms with van der Waals surface area (Å²) in [6.07, 6.45) is 1.28. The Morgan fingerprint density at radius 3 is 2.19 bits per heavy atom. The molecule has 3 rings (SSSR count). The summed E-state index contributed by atoms with van der Waals surface area (Å²) in [6, 6.07) is 15.7. The Balaban J connectivity index is 1.87. The van der Waals surface area contributed by atoms with E-state index in [9.17, 15) is 23.3 Å². The molecule has 0 heterocycles. The highest BCUT2D eigenvalue weighted by atomic mass is 32.2. The summed E-state index contributed by atoms with van der Waals surface area (Å²) < 4.78 is 43.7. The fourth-order valence-electron chi connectivity index (χ4n) is 3.19. The number of hydrogen-bond donors (Lipinski definition) is 1. The van der Waals surface area contributed by atoms with E-state index in [-0.39, 0.29) is 22.0 Å². The molecule has 0 spiro atoms. The van der Waals surface area contributed by atoms with Crippen molar-refractivity contribution in [3.63, 3.8) is 0 Å². The van der Waals surface area contributed by atoms with Gasteiger partial charge in [0.1, 0.15) is 12.3 Å². The van der Waals surface area contributed by atoms with E-state index in [0.29, 0.717) is 17.1 Å². The van der Waals surface area contributed by atoms with Gasteiger partial charge in [0.15, 0.2) is 11.5 Å². The number of hydrazone groups is 1. The van der Waals surface area contributed by atoms with Crippen LogP contribution in [0.15, 0.2) is 76.7 Å². The summed E-state index contributed by atoms with van der Waals surface area (Å²) in [5.74, 6) is 0.327. The number of carbonyl (C=O) groups excluding carboxylic acids is 1. The van der Waals surface area contributed by atoms with Crippen molar-refractivity contribution in [3.05, 3.63) is 82.4 Å². The number of sulfonamides is 1. The Morgan fingerprint density at radius 1 is 0.973 bits per heavy atom. The number of rotatable bonds is 11. The lowest BCUT2D eigenvalue weighted by molar-refractivity contribution is -0.384. The molecule has 13 heteroatoms. The Bertz CT molecular complexity index is 1390. The van der Waals surface area contributed by atoms with Crippen LogP contribution in [-0.4, -0.2) is 53.3 Å². The van der Waals surface area contributed by atoms with E-state index in [0.717, 1.165) is 4.31 Å². The van der Waals surface area contributed by atoms with Crippen LogP contribution < -0.4 is 23.9 Å². The number of nitrogens with zero attached hydrogens (tertiary/aromatic N) is 3. The number of nitrogens with one attached hydrogen (secondary N) is 1. The molecule has 3 aromatic rings. The molecule has 37 heavy (non-hydrogen) atoms. The van der Waals surface area contributed by atoms with Crippen LogP contribution in [0.3, 0.4) is 0 Å². The van der Waals surface area contributed by atoms with Gasteiger partial charge in [-0.1, -0.05) is 0 Å². The normalized spacial score (nSPS) is 11.1. The van der Waals surface area contributed by atoms with Crippen molar-refractivity contribution in [1.82, 2.24) is 5.43 Å². The number of amides is 1. The molecule has 0 aromatic heterocycles. The van der Waals surface area contributed by atoms with E-state index in [1.807, 2.05) is 0 Å². The molecule has 0 aliphatic carbocycles. The minimum atomic E-state index is -4.24. The van der Waals surface area contributed by atoms with Crippen LogP contribution in [0, 0.1) is 10.1 Å². The maximum atomic E-state index is 13.6. The molecule has 0 bridgehead atoms. The van der Waals surface area contributed by atoms with E-state index < -0.39 is 27.4 Å². The first-order chi connectivity index (χ1) is 17.7. The first-order valence-electron chi connectivity index (χ1n) is 10.6. The van der Waals surface area contributed by atoms with E-state index in [2.05, 4.69) is 10.5 Å². The second-order valence-corrected chi connectivity index (χ2v) is 9.23. The summed E-state index contributed by atoms with van der Waals surface area (Å²) in [5, 5.41) is 14.6. The standard InChI is InChI=1S/C24H24N4O8S/c1-34-20-10-8-18(9-11-20)27(37(32,33)21-12-13-22(35-2)23(14-21)36-3)16-24(29)26-25-15-17-4-6-19(7-5-17)28(30)31/h4-15H,16H2,1-3H3,(H,26,29)/b25-15-. The fraction of sp³-hybridized carbons (Fsp3) is 0.167. The Morgan fingerprint density at radius 2 is 1.62 bits per heavy atom. The maximum absolute atomic E-state index is 13.6. The zero-order valence-corrected chi connectivity index (χ0v) is 21.0. The van der Waals surface area contributed by atoms with Crippen molar-refractivity contribution in [2.75, 3.05) is 32.2 Å². The number of anilines is 1. The third-order valence-corrected chi connectivity index (χ3v) is 6.87. The van der Waals surface area contributed by atoms with E-state index >= 15 is 0 Å². The Kier molecular flexibility index (Phi) is 8.64. The summed E-state index contributed by atoms with van der Waals surface area (Å²) in [4.78, 5) is 22.8. The molecule has 0 fully saturated rings. The smallest absolute Gasteiger partial charge is 0.269 e. The van der Waals surface area contributed by atoms with E-state index in [1.54, 1.807) is 12.1 Å². The van der Waals surface area contributed by atoms with Crippen molar-refractivity contribution in [1.29, 1.82) is 0 Å². The highest BCUT2D eigenvalue weighted by Crippen LogP contribution is 2.32. The molecule has 0 aliphatic rings. The minimum Gasteiger partial charge on any atom is -0.497 e. The molecule has 3 aromatic carbocycles. The third-order valence-electron chi connectivity index (χ3n) is 5.10. The average Bonchev–Trinajstić information content (AvgIpc) is 2.91. The van der Waals surface area contributed by atoms with Gasteiger partial charge in [-0.05, 0) is 54.1 Å². The summed E-state index contributed by atoms with van der Waals surface area (Å²) in [6.45, 7) is -0.597. The van der Waals surface area contributed by atoms with Gasteiger partial charge in [0.05, 0.1) is 43.1 Å². The van der Waals surface area contributed by atoms with Crippen molar-refractivity contribution in [2.24, 2.45) is 5.10 Å². The van der Waals surface area contributed by atoms with Gasteiger partial charge < -0.3 is 14.2 Å². The minimum absolute atomic E-state index is 0.0864. The molecule has 0 saturated carbocycles. The highest BCUT2D eigenvalue weighted by molar-refractivity contribution is 7.92. The van der Waals surface area contributed by atoms with Gasteiger partial charge in [-0.25, -0.2) is 13.8 Å². The van der Waals surface area contributed by atoms with Crippen LogP contribution in [0.2, 0.25) is 0 Å². The molecule has 1 amide bonds. The van der Waals surface area contributed by atoms with Crippen molar-refractivity contribution in [3.8, 4) is 17.2 Å². The zero-order valence-electron chi connectivity index (χ0n) is 20.2. The number of non-ortho nitro benzene ring substituents is 1. The highest BCUT2D eigenvalue weighted by Gasteiger charge is 2.28. The number of methoxy groups -OCH3 is 3. The SMILES string of the molecule is COc1ccc(N(CC(=O)N/N=C\c2ccc([N+](=O)[O-])cc2)S(=O)(=O)c2ccc(OC)c(OC)c2)cc1. The Labute approximate surface area is 213 Å². The second-order valence-electron chi connectivity index (χ2n) is 7.37. The monoisotopic (exact) mass is 528 g/mol. The first-order valence-corrected chi connectivity index (χ1v) is 12.1. The third kappa shape index (κ3) is 6.52. The van der Waals surface area contributed by atoms with Crippen LogP contribution >= 0.6 is 0 Å². The molecule has 0 radical (unpaired) electrons. The molecule has 194 valence electrons. The molecular formula is C24H24N4O8S. The number of ether oxygens (including phenoxy) is 3. The number of nitro groups is 1. The molecule has 0 atom stereocenters. The molecular weight excluding hydrogens is 504 g/mol. The first kappa shape index (κ1) is 26.9. The largest absolute Gasteiger partial charge is 0.497 e. The molecule has 1 N–H and O–H groups in total. The summed E-state index contributed by atoms with van der Waals surface area (Å²) in [7, 11) is 0.0483. The zero-order chi connectivity index (χ0) is 27.0. The van der Waals surface area contributed by atoms with E-state index in [4.69, 9.17) is 14.2 Å². The van der Waals surface area contributed by atoms with Crippen molar-refractivity contribution in [2.45, 2.75) is 4.90 Å². The summed E-state index contributed by atoms with van der Waals surface area (Å²) >= 11 is 0. The van der Waals surface area contributed by atoms with Crippen molar-refractivity contribution < 1.29 is 32.3 Å². The predicted octanol–water partition coefficient (Wildman–Crippen LogP) is 2.97. The predicted molar refractivity (Wildman–Crippen MR) is 136 cm³/mol. The lowest BCUT2D eigenvalue weighted by Gasteiger charge is -2.24. The van der Waals surface area contributed by atoms with Gasteiger partial charge in [-0.3, -0.25) is 19.2 Å². The second kappa shape index (κ2) is 11.9. The number of nitro benzene ring substituents is 1.